The average Bonchev–Trinajstić information content (AvgIpc) is 0.806. The van der Waals surface area contributed by atoms with Gasteiger partial charge in [-0.15, -0.1) is 0 Å². The van der Waals surface area contributed by atoms with E-state index in [-0.39, 0.29) is 222 Å². The molecule has 0 saturated heterocycles. The molecule has 0 bridgehead atoms. The summed E-state index contributed by atoms with van der Waals surface area (Å²) in [7, 11) is 0. The van der Waals surface area contributed by atoms with E-state index in [1.54, 1.807) is 42.5 Å². The third kappa shape index (κ3) is 26.7. The van der Waals surface area contributed by atoms with E-state index in [1.165, 1.54) is 12.1 Å². The van der Waals surface area contributed by atoms with Crippen molar-refractivity contribution in [2.45, 2.75) is 38.5 Å². The Bertz CT molecular complexity index is 7430. The largest absolute Gasteiger partial charge is 0.272 e. The summed E-state index contributed by atoms with van der Waals surface area (Å²) in [5.74, 6) is -4.36. The standard InChI is InChI=1S/2C15H5BrCl4N2.C15H4Cl6N2.C15H4Cl5N3O2.C15H5Cl5N2.C15H4Cl3F3N2/c1-22-15-13(19)10(6-21)9(12(18)14(15)20)4-7-2-3-8(17)5-11(7)16;1-22-15-13(19)10(6-21)9(12(18)14(15)20)4-7-2-3-8(16)5-11(7)17;1-23-15-13(20)9(5-22)7(12(19)14(15)21)4-8-10(17)2-6(16)3-11(8)18;1-22-15-13(19)9(5-21)7(12(18)14(15)20)4-8-10(16)2-6(23(24)25)3-11(8)17;1-22-15-13(19)9(6-21)7(12(18)14(15)20)5-8-10(16)3-2-4-11(8)17;1-23-15-11(17)8(5-22)7(10(16)12(15)18)4-6-2-3-9(19)14(21)13(6)20/h2*2-3,5H,4H2;2-3H,4H2;2-3H,4H2;2-4H,5H2;2-3H,4H2. The minimum absolute atomic E-state index is 0.00938. The van der Waals surface area contributed by atoms with Crippen molar-refractivity contribution >= 4 is 385 Å². The lowest BCUT2D eigenvalue weighted by atomic mass is 9.98. The number of nitro benzene ring substituents is 1. The number of rotatable bonds is 13. The second kappa shape index (κ2) is 52.5. The molecule has 0 aromatic heterocycles. The highest BCUT2D eigenvalue weighted by molar-refractivity contribution is 9.10. The topological polar surface area (TPSA) is 212 Å². The highest BCUT2D eigenvalue weighted by atomic mass is 79.9. The van der Waals surface area contributed by atoms with Crippen molar-refractivity contribution in [1.29, 1.82) is 31.6 Å². The smallest absolute Gasteiger partial charge is 0.258 e. The summed E-state index contributed by atoms with van der Waals surface area (Å²) in [6.07, 6.45) is 0.520. The molecule has 137 heavy (non-hydrogen) atoms. The molecule has 0 N–H and O–H groups in total. The van der Waals surface area contributed by atoms with Gasteiger partial charge in [-0.1, -0.05) is 369 Å². The Balaban J connectivity index is 0.000000224. The zero-order chi connectivity index (χ0) is 103. The van der Waals surface area contributed by atoms with Crippen LogP contribution in [0.2, 0.25) is 136 Å². The fraction of sp³-hybridized carbons (Fsp3) is 0.0667. The second-order valence-electron chi connectivity index (χ2n) is 26.3. The predicted octanol–water partition coefficient (Wildman–Crippen LogP) is 41.7. The second-order valence-corrected chi connectivity index (χ2v) is 38.6. The molecule has 0 spiro atoms. The summed E-state index contributed by atoms with van der Waals surface area (Å²) in [6, 6.07) is 34.4. The van der Waals surface area contributed by atoms with Crippen LogP contribution < -0.4 is 0 Å². The van der Waals surface area contributed by atoms with Crippen LogP contribution in [0.4, 0.5) is 53.0 Å². The molecule has 0 heterocycles. The molecule has 0 unspecified atom stereocenters. The number of nitriles is 6. The Kier molecular flexibility index (Phi) is 44.6. The van der Waals surface area contributed by atoms with Gasteiger partial charge in [0.1, 0.15) is 0 Å². The van der Waals surface area contributed by atoms with Gasteiger partial charge in [-0.2, -0.15) is 31.6 Å². The molecule has 0 saturated carbocycles. The zero-order valence-electron chi connectivity index (χ0n) is 66.1. The van der Waals surface area contributed by atoms with E-state index in [0.717, 1.165) is 44.3 Å². The number of non-ortho nitro benzene ring substituents is 1. The van der Waals surface area contributed by atoms with Crippen LogP contribution in [0.25, 0.3) is 29.1 Å². The molecule has 0 radical (unpaired) electrons. The maximum atomic E-state index is 13.8. The van der Waals surface area contributed by atoms with Gasteiger partial charge in [0.2, 0.25) is 34.1 Å². The van der Waals surface area contributed by atoms with Gasteiger partial charge in [-0.05, 0) is 121 Å². The van der Waals surface area contributed by atoms with Crippen LogP contribution in [-0.4, -0.2) is 4.92 Å². The molecule has 47 heteroatoms. The number of hydrogen-bond acceptors (Lipinski definition) is 8. The first-order valence-corrected chi connectivity index (χ1v) is 47.4. The van der Waals surface area contributed by atoms with Crippen LogP contribution in [-0.2, 0) is 38.5 Å². The Morgan fingerprint density at radius 2 is 0.547 bits per heavy atom. The van der Waals surface area contributed by atoms with Gasteiger partial charge in [0.25, 0.3) is 5.69 Å². The average molecular weight is 2500 g/mol. The molecule has 12 aromatic rings. The van der Waals surface area contributed by atoms with Gasteiger partial charge >= 0.3 is 0 Å². The van der Waals surface area contributed by atoms with Gasteiger partial charge in [-0.25, -0.2) is 42.2 Å². The van der Waals surface area contributed by atoms with Crippen molar-refractivity contribution in [2.75, 3.05) is 0 Å². The van der Waals surface area contributed by atoms with Crippen LogP contribution in [0.15, 0.2) is 99.9 Å². The summed E-state index contributed by atoms with van der Waals surface area (Å²) in [4.78, 5) is 29.4. The van der Waals surface area contributed by atoms with Gasteiger partial charge in [0.05, 0.1) is 215 Å². The highest BCUT2D eigenvalue weighted by Gasteiger charge is 2.31. The lowest BCUT2D eigenvalue weighted by Gasteiger charge is -2.14. The van der Waals surface area contributed by atoms with E-state index >= 15 is 0 Å². The fourth-order valence-electron chi connectivity index (χ4n) is 11.9. The Hall–Kier alpha value is -7.50. The minimum Gasteiger partial charge on any atom is -0.258 e. The van der Waals surface area contributed by atoms with E-state index in [1.807, 2.05) is 48.5 Å². The Morgan fingerprint density at radius 3 is 0.825 bits per heavy atom. The van der Waals surface area contributed by atoms with Gasteiger partial charge in [-0.3, -0.25) is 10.1 Å². The van der Waals surface area contributed by atoms with E-state index in [0.29, 0.717) is 80.5 Å². The lowest BCUT2D eigenvalue weighted by molar-refractivity contribution is -0.384. The third-order valence-corrected chi connectivity index (χ3v) is 30.1. The maximum Gasteiger partial charge on any atom is 0.272 e. The lowest BCUT2D eigenvalue weighted by Crippen LogP contribution is -2.02. The summed E-state index contributed by atoms with van der Waals surface area (Å²) >= 11 is 171. The summed E-state index contributed by atoms with van der Waals surface area (Å²) in [6.45, 7) is 42.5. The number of nitro groups is 1. The predicted molar refractivity (Wildman–Crippen MR) is 557 cm³/mol. The van der Waals surface area contributed by atoms with Crippen molar-refractivity contribution in [1.82, 2.24) is 0 Å². The monoisotopic (exact) mass is 2480 g/mol. The fourth-order valence-corrected chi connectivity index (χ4v) is 20.6. The molecule has 0 aliphatic heterocycles. The van der Waals surface area contributed by atoms with Crippen molar-refractivity contribution in [3.8, 4) is 36.4 Å². The summed E-state index contributed by atoms with van der Waals surface area (Å²) in [5.41, 5.74) is 4.29. The van der Waals surface area contributed by atoms with Crippen LogP contribution in [0.5, 0.6) is 0 Å². The zero-order valence-corrected chi connectivity index (χ0v) is 89.7. The first-order chi connectivity index (χ1) is 64.6. The van der Waals surface area contributed by atoms with E-state index in [9.17, 15) is 54.9 Å². The van der Waals surface area contributed by atoms with E-state index in [2.05, 4.69) is 60.9 Å². The molecule has 688 valence electrons. The van der Waals surface area contributed by atoms with Gasteiger partial charge in [0.15, 0.2) is 17.5 Å². The van der Waals surface area contributed by atoms with Crippen molar-refractivity contribution in [3.05, 3.63) is 432 Å². The number of benzene rings is 12. The quantitative estimate of drug-likeness (QED) is 0.0355. The SMILES string of the molecule is [C-]#[N+]c1c(Cl)c(Cl)c(Cc2c(Cl)cc(Cl)cc2Cl)c(C#N)c1Cl.[C-]#[N+]c1c(Cl)c(Cl)c(Cc2c(Cl)cc([N+](=O)[O-])cc2Cl)c(C#N)c1Cl.[C-]#[N+]c1c(Cl)c(Cl)c(Cc2c(Cl)cccc2Cl)c(C#N)c1Cl.[C-]#[N+]c1c(Cl)c(Cl)c(Cc2ccc(Br)cc2Cl)c(C#N)c1Cl.[C-]#[N+]c1c(Cl)c(Cl)c(Cc2ccc(Cl)cc2Br)c(C#N)c1Cl.[C-]#[N+]c1c(Cl)c(Cl)c(Cc2ccc(F)c(F)c2F)c(C#N)c1Cl. The van der Waals surface area contributed by atoms with Gasteiger partial charge in [0, 0.05) is 94.8 Å². The molecular weight excluding hydrogens is 2470 g/mol. The molecule has 0 aliphatic rings. The van der Waals surface area contributed by atoms with Crippen molar-refractivity contribution < 1.29 is 18.1 Å². The number of halogens is 32. The Morgan fingerprint density at radius 1 is 0.285 bits per heavy atom. The molecular formula is C90H27Br2Cl27F3N13O2. The van der Waals surface area contributed by atoms with Crippen LogP contribution in [0, 0.1) is 135 Å². The molecule has 15 nitrogen and oxygen atoms in total. The molecule has 0 fully saturated rings. The highest BCUT2D eigenvalue weighted by Crippen LogP contribution is 2.53. The molecule has 0 atom stereocenters. The third-order valence-electron chi connectivity index (χ3n) is 18.5. The first-order valence-electron chi connectivity index (χ1n) is 35.6. The van der Waals surface area contributed by atoms with Crippen LogP contribution in [0.1, 0.15) is 100 Å². The minimum atomic E-state index is -1.63. The number of nitrogens with zero attached hydrogens (tertiary/aromatic N) is 13. The molecule has 12 aromatic carbocycles. The molecule has 12 rings (SSSR count). The maximum absolute atomic E-state index is 13.8. The van der Waals surface area contributed by atoms with Crippen molar-refractivity contribution in [3.63, 3.8) is 0 Å². The van der Waals surface area contributed by atoms with Crippen LogP contribution >= 0.6 is 345 Å². The van der Waals surface area contributed by atoms with Gasteiger partial charge < -0.3 is 0 Å². The van der Waals surface area contributed by atoms with Crippen molar-refractivity contribution in [2.24, 2.45) is 0 Å². The van der Waals surface area contributed by atoms with E-state index in [4.69, 9.17) is 353 Å². The summed E-state index contributed by atoms with van der Waals surface area (Å²) < 4.78 is 41.7. The summed E-state index contributed by atoms with van der Waals surface area (Å²) in [5, 5.41) is 69.6. The van der Waals surface area contributed by atoms with Crippen LogP contribution in [0.3, 0.4) is 0 Å². The van der Waals surface area contributed by atoms with E-state index < -0.39 is 22.4 Å². The Labute approximate surface area is 930 Å². The molecule has 0 aliphatic carbocycles. The molecule has 0 amide bonds. The first kappa shape index (κ1) is 116. The number of hydrogen-bond donors (Lipinski definition) is 0. The normalized spacial score (nSPS) is 10.2.